The predicted molar refractivity (Wildman–Crippen MR) is 63.1 cm³/mol. The highest BCUT2D eigenvalue weighted by atomic mass is 35.5. The van der Waals surface area contributed by atoms with Crippen molar-refractivity contribution in [1.82, 2.24) is 9.78 Å². The van der Waals surface area contributed by atoms with Crippen molar-refractivity contribution in [1.29, 1.82) is 0 Å². The molecule has 2 aromatic rings. The Labute approximate surface area is 99.5 Å². The van der Waals surface area contributed by atoms with E-state index in [1.807, 2.05) is 18.3 Å². The van der Waals surface area contributed by atoms with E-state index in [1.54, 1.807) is 16.9 Å². The summed E-state index contributed by atoms with van der Waals surface area (Å²) in [6.07, 6.45) is 3.50. The van der Waals surface area contributed by atoms with Gasteiger partial charge in [-0.2, -0.15) is 5.10 Å². The molecule has 2 rings (SSSR count). The summed E-state index contributed by atoms with van der Waals surface area (Å²) in [4.78, 5) is 0. The van der Waals surface area contributed by atoms with E-state index in [2.05, 4.69) is 5.10 Å². The molecule has 3 nitrogen and oxygen atoms in total. The second-order valence-electron chi connectivity index (χ2n) is 3.29. The zero-order chi connectivity index (χ0) is 10.7. The van der Waals surface area contributed by atoms with E-state index in [0.29, 0.717) is 6.54 Å². The fourth-order valence-corrected chi connectivity index (χ4v) is 1.58. The van der Waals surface area contributed by atoms with Gasteiger partial charge in [0.15, 0.2) is 0 Å². The molecule has 0 fully saturated rings. The number of rotatable bonds is 3. The first-order chi connectivity index (χ1) is 7.31. The maximum Gasteiger partial charge on any atom is 0.123 e. The van der Waals surface area contributed by atoms with Gasteiger partial charge in [-0.05, 0) is 23.8 Å². The maximum atomic E-state index is 13.0. The summed E-state index contributed by atoms with van der Waals surface area (Å²) in [5, 5.41) is 4.11. The van der Waals surface area contributed by atoms with E-state index in [1.165, 1.54) is 12.1 Å². The Hall–Kier alpha value is -1.39. The molecule has 0 amide bonds. The van der Waals surface area contributed by atoms with Gasteiger partial charge in [-0.25, -0.2) is 4.39 Å². The minimum atomic E-state index is -0.252. The van der Waals surface area contributed by atoms with E-state index < -0.39 is 0 Å². The summed E-state index contributed by atoms with van der Waals surface area (Å²) in [6.45, 7) is 0.394. The highest BCUT2D eigenvalue weighted by molar-refractivity contribution is 5.85. The van der Waals surface area contributed by atoms with Gasteiger partial charge in [-0.1, -0.05) is 12.1 Å². The predicted octanol–water partition coefficient (Wildman–Crippen LogP) is 1.99. The van der Waals surface area contributed by atoms with Crippen LogP contribution in [-0.2, 0) is 0 Å². The number of hydrogen-bond donors (Lipinski definition) is 1. The fourth-order valence-electron chi connectivity index (χ4n) is 1.58. The lowest BCUT2D eigenvalue weighted by Gasteiger charge is -2.15. The molecule has 0 aliphatic rings. The summed E-state index contributed by atoms with van der Waals surface area (Å²) in [5.74, 6) is -0.252. The number of hydrogen-bond acceptors (Lipinski definition) is 2. The highest BCUT2D eigenvalue weighted by Gasteiger charge is 2.11. The molecule has 0 spiro atoms. The topological polar surface area (TPSA) is 43.8 Å². The van der Waals surface area contributed by atoms with Crippen LogP contribution in [0.15, 0.2) is 42.7 Å². The molecule has 0 aliphatic carbocycles. The zero-order valence-electron chi connectivity index (χ0n) is 8.58. The molecule has 1 heterocycles. The molecule has 0 bridgehead atoms. The molecule has 5 heteroatoms. The van der Waals surface area contributed by atoms with E-state index in [-0.39, 0.29) is 24.3 Å². The monoisotopic (exact) mass is 241 g/mol. The largest absolute Gasteiger partial charge is 0.328 e. The van der Waals surface area contributed by atoms with E-state index >= 15 is 0 Å². The SMILES string of the molecule is Cl.NCC(c1cccc(F)c1)n1cccn1. The third kappa shape index (κ3) is 2.59. The molecular formula is C11H13ClFN3. The summed E-state index contributed by atoms with van der Waals surface area (Å²) in [7, 11) is 0. The molecule has 1 atom stereocenters. The van der Waals surface area contributed by atoms with Crippen LogP contribution in [-0.4, -0.2) is 16.3 Å². The molecule has 16 heavy (non-hydrogen) atoms. The third-order valence-electron chi connectivity index (χ3n) is 2.30. The fraction of sp³-hybridized carbons (Fsp3) is 0.182. The van der Waals surface area contributed by atoms with Crippen molar-refractivity contribution in [3.63, 3.8) is 0 Å². The number of aromatic nitrogens is 2. The lowest BCUT2D eigenvalue weighted by atomic mass is 10.1. The zero-order valence-corrected chi connectivity index (χ0v) is 9.40. The normalized spacial score (nSPS) is 11.9. The standard InChI is InChI=1S/C11H12FN3.ClH/c12-10-4-1-3-9(7-10)11(8-13)15-6-2-5-14-15;/h1-7,11H,8,13H2;1H. The molecule has 2 N–H and O–H groups in total. The van der Waals surface area contributed by atoms with Gasteiger partial charge >= 0.3 is 0 Å². The highest BCUT2D eigenvalue weighted by Crippen LogP contribution is 2.16. The van der Waals surface area contributed by atoms with Gasteiger partial charge in [-0.15, -0.1) is 12.4 Å². The minimum absolute atomic E-state index is 0. The second-order valence-corrected chi connectivity index (χ2v) is 3.29. The van der Waals surface area contributed by atoms with Crippen LogP contribution < -0.4 is 5.73 Å². The van der Waals surface area contributed by atoms with Crippen molar-refractivity contribution in [3.05, 3.63) is 54.1 Å². The van der Waals surface area contributed by atoms with Crippen molar-refractivity contribution < 1.29 is 4.39 Å². The second kappa shape index (κ2) is 5.63. The molecule has 86 valence electrons. The summed E-state index contributed by atoms with van der Waals surface area (Å²) in [6, 6.07) is 8.15. The lowest BCUT2D eigenvalue weighted by Crippen LogP contribution is -2.20. The molecule has 0 saturated heterocycles. The molecule has 0 saturated carbocycles. The molecule has 1 aromatic heterocycles. The van der Waals surface area contributed by atoms with Crippen molar-refractivity contribution in [3.8, 4) is 0 Å². The van der Waals surface area contributed by atoms with E-state index in [9.17, 15) is 4.39 Å². The van der Waals surface area contributed by atoms with Crippen molar-refractivity contribution >= 4 is 12.4 Å². The third-order valence-corrected chi connectivity index (χ3v) is 2.30. The van der Waals surface area contributed by atoms with Gasteiger partial charge in [0.1, 0.15) is 5.82 Å². The lowest BCUT2D eigenvalue weighted by molar-refractivity contribution is 0.526. The molecule has 1 aromatic carbocycles. The Morgan fingerprint density at radius 3 is 2.75 bits per heavy atom. The minimum Gasteiger partial charge on any atom is -0.328 e. The Kier molecular flexibility index (Phi) is 4.46. The number of benzene rings is 1. The van der Waals surface area contributed by atoms with Gasteiger partial charge in [0.05, 0.1) is 6.04 Å². The van der Waals surface area contributed by atoms with Crippen molar-refractivity contribution in [2.24, 2.45) is 5.73 Å². The van der Waals surface area contributed by atoms with E-state index in [0.717, 1.165) is 5.56 Å². The van der Waals surface area contributed by atoms with Gasteiger partial charge in [-0.3, -0.25) is 4.68 Å². The summed E-state index contributed by atoms with van der Waals surface area (Å²) in [5.41, 5.74) is 6.50. The molecular weight excluding hydrogens is 229 g/mol. The van der Waals surface area contributed by atoms with Crippen LogP contribution in [0.2, 0.25) is 0 Å². The van der Waals surface area contributed by atoms with Crippen LogP contribution in [0.4, 0.5) is 4.39 Å². The smallest absolute Gasteiger partial charge is 0.123 e. The van der Waals surface area contributed by atoms with E-state index in [4.69, 9.17) is 5.73 Å². The Morgan fingerprint density at radius 1 is 1.38 bits per heavy atom. The quantitative estimate of drug-likeness (QED) is 0.893. The van der Waals surface area contributed by atoms with Gasteiger partial charge in [0, 0.05) is 18.9 Å². The number of halogens is 2. The average molecular weight is 242 g/mol. The van der Waals surface area contributed by atoms with Crippen LogP contribution in [0.1, 0.15) is 11.6 Å². The first-order valence-electron chi connectivity index (χ1n) is 4.76. The molecule has 0 aliphatic heterocycles. The van der Waals surface area contributed by atoms with Gasteiger partial charge < -0.3 is 5.73 Å². The first kappa shape index (κ1) is 12.7. The van der Waals surface area contributed by atoms with Crippen molar-refractivity contribution in [2.75, 3.05) is 6.54 Å². The first-order valence-corrected chi connectivity index (χ1v) is 4.76. The van der Waals surface area contributed by atoms with Crippen LogP contribution in [0, 0.1) is 5.82 Å². The van der Waals surface area contributed by atoms with Crippen LogP contribution >= 0.6 is 12.4 Å². The summed E-state index contributed by atoms with van der Waals surface area (Å²) < 4.78 is 14.8. The Balaban J connectivity index is 0.00000128. The van der Waals surface area contributed by atoms with Gasteiger partial charge in [0.2, 0.25) is 0 Å². The number of nitrogens with two attached hydrogens (primary N) is 1. The average Bonchev–Trinajstić information content (AvgIpc) is 2.72. The van der Waals surface area contributed by atoms with Crippen molar-refractivity contribution in [2.45, 2.75) is 6.04 Å². The van der Waals surface area contributed by atoms with Crippen LogP contribution in [0.3, 0.4) is 0 Å². The maximum absolute atomic E-state index is 13.0. The van der Waals surface area contributed by atoms with Crippen LogP contribution in [0.25, 0.3) is 0 Å². The Morgan fingerprint density at radius 2 is 2.19 bits per heavy atom. The Bertz CT molecular complexity index is 431. The van der Waals surface area contributed by atoms with Crippen LogP contribution in [0.5, 0.6) is 0 Å². The number of nitrogens with zero attached hydrogens (tertiary/aromatic N) is 2. The molecule has 1 unspecified atom stereocenters. The molecule has 0 radical (unpaired) electrons. The van der Waals surface area contributed by atoms with Gasteiger partial charge in [0.25, 0.3) is 0 Å². The summed E-state index contributed by atoms with van der Waals surface area (Å²) >= 11 is 0.